The molecular weight excluding hydrogens is 192 g/mol. The highest BCUT2D eigenvalue weighted by Gasteiger charge is 2.19. The Kier molecular flexibility index (Phi) is 2.60. The van der Waals surface area contributed by atoms with Gasteiger partial charge in [0, 0.05) is 19.1 Å². The zero-order valence-corrected chi connectivity index (χ0v) is 8.73. The van der Waals surface area contributed by atoms with E-state index < -0.39 is 0 Å². The average molecular weight is 206 g/mol. The van der Waals surface area contributed by atoms with Gasteiger partial charge in [-0.25, -0.2) is 4.68 Å². The smallest absolute Gasteiger partial charge is 0.140 e. The van der Waals surface area contributed by atoms with E-state index in [1.807, 2.05) is 0 Å². The lowest BCUT2D eigenvalue weighted by molar-refractivity contribution is 0.181. The molecule has 0 aliphatic carbocycles. The molecule has 2 rings (SSSR count). The predicted molar refractivity (Wildman–Crippen MR) is 55.0 cm³/mol. The van der Waals surface area contributed by atoms with Crippen LogP contribution in [0.3, 0.4) is 0 Å². The summed E-state index contributed by atoms with van der Waals surface area (Å²) in [6.07, 6.45) is 1.04. The van der Waals surface area contributed by atoms with Crippen molar-refractivity contribution in [2.24, 2.45) is 5.92 Å². The van der Waals surface area contributed by atoms with E-state index in [0.717, 1.165) is 26.2 Å². The molecule has 1 fully saturated rings. The van der Waals surface area contributed by atoms with E-state index in [1.54, 1.807) is 11.6 Å². The third-order valence-electron chi connectivity index (χ3n) is 2.73. The van der Waals surface area contributed by atoms with Gasteiger partial charge in [-0.3, -0.25) is 0 Å². The van der Waals surface area contributed by atoms with Crippen molar-refractivity contribution in [1.29, 1.82) is 5.26 Å². The van der Waals surface area contributed by atoms with Crippen LogP contribution >= 0.6 is 0 Å². The molecule has 15 heavy (non-hydrogen) atoms. The van der Waals surface area contributed by atoms with Crippen LogP contribution in [0.1, 0.15) is 17.7 Å². The maximum Gasteiger partial charge on any atom is 0.140 e. The van der Waals surface area contributed by atoms with Crippen LogP contribution in [0.15, 0.2) is 0 Å². The average Bonchev–Trinajstić information content (AvgIpc) is 2.78. The van der Waals surface area contributed by atoms with Crippen LogP contribution in [0.5, 0.6) is 0 Å². The fraction of sp³-hybridized carbons (Fsp3) is 0.600. The van der Waals surface area contributed by atoms with Crippen LogP contribution in [-0.4, -0.2) is 23.0 Å². The first-order valence-electron chi connectivity index (χ1n) is 5.03. The molecule has 5 heteroatoms. The first-order valence-corrected chi connectivity index (χ1v) is 5.03. The van der Waals surface area contributed by atoms with Gasteiger partial charge in [0.05, 0.1) is 12.3 Å². The number of ether oxygens (including phenoxy) is 1. The van der Waals surface area contributed by atoms with Gasteiger partial charge < -0.3 is 10.5 Å². The summed E-state index contributed by atoms with van der Waals surface area (Å²) in [4.78, 5) is 0. The molecule has 0 unspecified atom stereocenters. The zero-order valence-electron chi connectivity index (χ0n) is 8.73. The van der Waals surface area contributed by atoms with Crippen molar-refractivity contribution in [2.45, 2.75) is 19.9 Å². The summed E-state index contributed by atoms with van der Waals surface area (Å²) < 4.78 is 7.00. The van der Waals surface area contributed by atoms with E-state index in [9.17, 15) is 0 Å². The van der Waals surface area contributed by atoms with Crippen molar-refractivity contribution in [2.75, 3.05) is 18.9 Å². The van der Waals surface area contributed by atoms with Gasteiger partial charge in [-0.05, 0) is 13.3 Å². The predicted octanol–water partition coefficient (Wildman–Crippen LogP) is 0.682. The zero-order chi connectivity index (χ0) is 10.8. The van der Waals surface area contributed by atoms with Gasteiger partial charge in [-0.2, -0.15) is 10.4 Å². The van der Waals surface area contributed by atoms with E-state index >= 15 is 0 Å². The van der Waals surface area contributed by atoms with Gasteiger partial charge >= 0.3 is 0 Å². The number of nitriles is 1. The molecule has 5 nitrogen and oxygen atoms in total. The normalized spacial score (nSPS) is 20.4. The van der Waals surface area contributed by atoms with E-state index in [2.05, 4.69) is 11.2 Å². The lowest BCUT2D eigenvalue weighted by atomic mass is 10.1. The minimum absolute atomic E-state index is 0.471. The maximum atomic E-state index is 8.87. The minimum Gasteiger partial charge on any atom is -0.383 e. The SMILES string of the molecule is Cc1nn(C[C@@H]2CCOC2)c(N)c1C#N. The third-order valence-corrected chi connectivity index (χ3v) is 2.73. The fourth-order valence-corrected chi connectivity index (χ4v) is 1.85. The molecule has 0 saturated carbocycles. The number of hydrogen-bond donors (Lipinski definition) is 1. The molecule has 1 aliphatic heterocycles. The van der Waals surface area contributed by atoms with Crippen molar-refractivity contribution >= 4 is 5.82 Å². The Hall–Kier alpha value is -1.54. The van der Waals surface area contributed by atoms with Gasteiger partial charge in [0.15, 0.2) is 0 Å². The van der Waals surface area contributed by atoms with Crippen LogP contribution in [-0.2, 0) is 11.3 Å². The second kappa shape index (κ2) is 3.91. The summed E-state index contributed by atoms with van der Waals surface area (Å²) in [6.45, 7) is 4.13. The fourth-order valence-electron chi connectivity index (χ4n) is 1.85. The van der Waals surface area contributed by atoms with Crippen LogP contribution in [0.25, 0.3) is 0 Å². The van der Waals surface area contributed by atoms with E-state index in [4.69, 9.17) is 15.7 Å². The summed E-state index contributed by atoms with van der Waals surface area (Å²) >= 11 is 0. The molecule has 0 spiro atoms. The minimum atomic E-state index is 0.471. The molecule has 1 atom stereocenters. The van der Waals surface area contributed by atoms with Crippen molar-refractivity contribution in [3.63, 3.8) is 0 Å². The van der Waals surface area contributed by atoms with Crippen molar-refractivity contribution in [1.82, 2.24) is 9.78 Å². The molecule has 1 saturated heterocycles. The second-order valence-corrected chi connectivity index (χ2v) is 3.87. The molecule has 0 amide bonds. The molecular formula is C10H14N4O. The number of nitrogens with zero attached hydrogens (tertiary/aromatic N) is 3. The van der Waals surface area contributed by atoms with E-state index in [0.29, 0.717) is 23.0 Å². The third kappa shape index (κ3) is 1.81. The van der Waals surface area contributed by atoms with Crippen LogP contribution in [0.2, 0.25) is 0 Å². The molecule has 0 radical (unpaired) electrons. The Labute approximate surface area is 88.4 Å². The summed E-state index contributed by atoms with van der Waals surface area (Å²) in [5, 5.41) is 13.1. The molecule has 0 bridgehead atoms. The summed E-state index contributed by atoms with van der Waals surface area (Å²) in [7, 11) is 0. The lowest BCUT2D eigenvalue weighted by Crippen LogP contribution is -2.14. The topological polar surface area (TPSA) is 76.9 Å². The molecule has 80 valence electrons. The highest BCUT2D eigenvalue weighted by molar-refractivity contribution is 5.51. The summed E-state index contributed by atoms with van der Waals surface area (Å²) in [6, 6.07) is 2.07. The van der Waals surface area contributed by atoms with Crippen molar-refractivity contribution in [3.05, 3.63) is 11.3 Å². The Morgan fingerprint density at radius 1 is 1.73 bits per heavy atom. The maximum absolute atomic E-state index is 8.87. The number of nitrogens with two attached hydrogens (primary N) is 1. The van der Waals surface area contributed by atoms with Crippen molar-refractivity contribution in [3.8, 4) is 6.07 Å². The Morgan fingerprint density at radius 2 is 2.53 bits per heavy atom. The first kappa shape index (κ1) is 9.99. The number of aromatic nitrogens is 2. The standard InChI is InChI=1S/C10H14N4O/c1-7-9(4-11)10(12)14(13-7)5-8-2-3-15-6-8/h8H,2-3,5-6,12H2,1H3/t8-/m0/s1. The lowest BCUT2D eigenvalue weighted by Gasteiger charge is -2.08. The first-order chi connectivity index (χ1) is 7.22. The Bertz CT molecular complexity index is 398. The van der Waals surface area contributed by atoms with Gasteiger partial charge in [0.1, 0.15) is 17.5 Å². The highest BCUT2D eigenvalue weighted by Crippen LogP contribution is 2.20. The van der Waals surface area contributed by atoms with Gasteiger partial charge in [-0.15, -0.1) is 0 Å². The van der Waals surface area contributed by atoms with Crippen LogP contribution < -0.4 is 5.73 Å². The highest BCUT2D eigenvalue weighted by atomic mass is 16.5. The quantitative estimate of drug-likeness (QED) is 0.772. The number of hydrogen-bond acceptors (Lipinski definition) is 4. The van der Waals surface area contributed by atoms with Crippen LogP contribution in [0, 0.1) is 24.2 Å². The number of anilines is 1. The second-order valence-electron chi connectivity index (χ2n) is 3.87. The molecule has 0 aromatic carbocycles. The molecule has 1 aromatic rings. The number of nitrogen functional groups attached to an aromatic ring is 1. The number of rotatable bonds is 2. The number of aryl methyl sites for hydroxylation is 1. The van der Waals surface area contributed by atoms with Gasteiger partial charge in [-0.1, -0.05) is 0 Å². The molecule has 2 N–H and O–H groups in total. The summed E-state index contributed by atoms with van der Waals surface area (Å²) in [5.41, 5.74) is 7.03. The van der Waals surface area contributed by atoms with Gasteiger partial charge in [0.2, 0.25) is 0 Å². The largest absolute Gasteiger partial charge is 0.383 e. The molecule has 1 aromatic heterocycles. The molecule has 2 heterocycles. The van der Waals surface area contributed by atoms with Crippen LogP contribution in [0.4, 0.5) is 5.82 Å². The summed E-state index contributed by atoms with van der Waals surface area (Å²) in [5.74, 6) is 0.944. The van der Waals surface area contributed by atoms with Crippen molar-refractivity contribution < 1.29 is 4.74 Å². The molecule has 1 aliphatic rings. The Morgan fingerprint density at radius 3 is 3.07 bits per heavy atom. The van der Waals surface area contributed by atoms with E-state index in [-0.39, 0.29) is 0 Å². The van der Waals surface area contributed by atoms with Gasteiger partial charge in [0.25, 0.3) is 0 Å². The van der Waals surface area contributed by atoms with E-state index in [1.165, 1.54) is 0 Å². The monoisotopic (exact) mass is 206 g/mol. The Balaban J connectivity index is 2.18.